The Bertz CT molecular complexity index is 499. The lowest BCUT2D eigenvalue weighted by Crippen LogP contribution is -2.30. The van der Waals surface area contributed by atoms with E-state index in [4.69, 9.17) is 9.47 Å². The Morgan fingerprint density at radius 3 is 2.79 bits per heavy atom. The number of carbonyl (C=O) groups excluding carboxylic acids is 2. The van der Waals surface area contributed by atoms with E-state index in [0.29, 0.717) is 0 Å². The van der Waals surface area contributed by atoms with Gasteiger partial charge in [0.2, 0.25) is 0 Å². The van der Waals surface area contributed by atoms with Crippen molar-refractivity contribution in [3.05, 3.63) is 29.6 Å². The topological polar surface area (TPSA) is 64.6 Å². The van der Waals surface area contributed by atoms with Gasteiger partial charge in [-0.25, -0.2) is 9.18 Å². The second-order valence-corrected chi connectivity index (χ2v) is 4.26. The van der Waals surface area contributed by atoms with E-state index in [-0.39, 0.29) is 29.9 Å². The number of nitrogens with one attached hydrogen (secondary N) is 1. The van der Waals surface area contributed by atoms with Crippen molar-refractivity contribution in [3.63, 3.8) is 0 Å². The minimum atomic E-state index is -0.790. The third kappa shape index (κ3) is 3.67. The maximum Gasteiger partial charge on any atom is 0.342 e. The summed E-state index contributed by atoms with van der Waals surface area (Å²) >= 11 is 0. The fraction of sp³-hybridized carbons (Fsp3) is 0.385. The van der Waals surface area contributed by atoms with Crippen molar-refractivity contribution in [3.8, 4) is 5.75 Å². The van der Waals surface area contributed by atoms with Crippen molar-refractivity contribution in [2.75, 3.05) is 13.7 Å². The first kappa shape index (κ1) is 13.3. The number of ether oxygens (including phenoxy) is 2. The van der Waals surface area contributed by atoms with Crippen LogP contribution < -0.4 is 10.1 Å². The van der Waals surface area contributed by atoms with Gasteiger partial charge in [0, 0.05) is 6.04 Å². The number of carbonyl (C=O) groups is 2. The molecule has 0 aliphatic heterocycles. The Labute approximate surface area is 109 Å². The summed E-state index contributed by atoms with van der Waals surface area (Å²) in [6.45, 7) is -0.380. The van der Waals surface area contributed by atoms with Crippen molar-refractivity contribution in [2.45, 2.75) is 18.9 Å². The second-order valence-electron chi connectivity index (χ2n) is 4.26. The van der Waals surface area contributed by atoms with Gasteiger partial charge in [-0.2, -0.15) is 0 Å². The summed E-state index contributed by atoms with van der Waals surface area (Å²) in [5.41, 5.74) is -0.0401. The summed E-state index contributed by atoms with van der Waals surface area (Å²) in [6.07, 6.45) is 1.91. The lowest BCUT2D eigenvalue weighted by atomic mass is 10.2. The largest absolute Gasteiger partial charge is 0.496 e. The van der Waals surface area contributed by atoms with Crippen LogP contribution in [0.15, 0.2) is 18.2 Å². The molecule has 5 nitrogen and oxygen atoms in total. The maximum atomic E-state index is 13.1. The van der Waals surface area contributed by atoms with Crippen molar-refractivity contribution in [2.24, 2.45) is 0 Å². The van der Waals surface area contributed by atoms with E-state index in [9.17, 15) is 14.0 Å². The van der Waals surface area contributed by atoms with Crippen molar-refractivity contribution in [1.82, 2.24) is 5.32 Å². The molecule has 0 bridgehead atoms. The zero-order valence-electron chi connectivity index (χ0n) is 10.4. The molecular formula is C13H14FNO4. The number of rotatable bonds is 5. The first-order valence-corrected chi connectivity index (χ1v) is 5.90. The second kappa shape index (κ2) is 5.69. The highest BCUT2D eigenvalue weighted by Gasteiger charge is 2.24. The molecular weight excluding hydrogens is 253 g/mol. The molecule has 2 rings (SSSR count). The van der Waals surface area contributed by atoms with Gasteiger partial charge in [-0.15, -0.1) is 0 Å². The molecule has 0 heterocycles. The van der Waals surface area contributed by atoms with Crippen molar-refractivity contribution < 1.29 is 23.5 Å². The Hall–Kier alpha value is -2.11. The van der Waals surface area contributed by atoms with Crippen molar-refractivity contribution in [1.29, 1.82) is 0 Å². The molecule has 1 aromatic rings. The van der Waals surface area contributed by atoms with E-state index in [1.807, 2.05) is 0 Å². The van der Waals surface area contributed by atoms with Gasteiger partial charge in [0.05, 0.1) is 7.11 Å². The smallest absolute Gasteiger partial charge is 0.342 e. The summed E-state index contributed by atoms with van der Waals surface area (Å²) in [5, 5.41) is 2.68. The highest BCUT2D eigenvalue weighted by atomic mass is 19.1. The highest BCUT2D eigenvalue weighted by Crippen LogP contribution is 2.20. The van der Waals surface area contributed by atoms with Gasteiger partial charge in [-0.05, 0) is 31.0 Å². The Kier molecular flexibility index (Phi) is 3.99. The average Bonchev–Trinajstić information content (AvgIpc) is 3.19. The van der Waals surface area contributed by atoms with Crippen LogP contribution in [0.2, 0.25) is 0 Å². The Balaban J connectivity index is 1.94. The molecule has 0 aromatic heterocycles. The van der Waals surface area contributed by atoms with Crippen LogP contribution in [0.1, 0.15) is 23.2 Å². The minimum absolute atomic E-state index is 0.0401. The lowest BCUT2D eigenvalue weighted by molar-refractivity contribution is -0.124. The molecule has 19 heavy (non-hydrogen) atoms. The third-order valence-corrected chi connectivity index (χ3v) is 2.66. The number of methoxy groups -OCH3 is 1. The van der Waals surface area contributed by atoms with Gasteiger partial charge in [0.1, 0.15) is 17.1 Å². The molecule has 1 N–H and O–H groups in total. The minimum Gasteiger partial charge on any atom is -0.496 e. The summed E-state index contributed by atoms with van der Waals surface area (Å²) in [7, 11) is 1.36. The van der Waals surface area contributed by atoms with Crippen LogP contribution in [0.5, 0.6) is 5.75 Å². The number of hydrogen-bond acceptors (Lipinski definition) is 4. The molecule has 1 aromatic carbocycles. The zero-order chi connectivity index (χ0) is 13.8. The molecule has 0 saturated heterocycles. The monoisotopic (exact) mass is 267 g/mol. The number of amides is 1. The first-order chi connectivity index (χ1) is 9.10. The molecule has 6 heteroatoms. The van der Waals surface area contributed by atoms with Crippen LogP contribution in [-0.4, -0.2) is 31.6 Å². The lowest BCUT2D eigenvalue weighted by Gasteiger charge is -2.09. The first-order valence-electron chi connectivity index (χ1n) is 5.90. The van der Waals surface area contributed by atoms with E-state index < -0.39 is 11.8 Å². The number of benzene rings is 1. The van der Waals surface area contributed by atoms with Crippen LogP contribution >= 0.6 is 0 Å². The van der Waals surface area contributed by atoms with Crippen LogP contribution in [0, 0.1) is 5.82 Å². The van der Waals surface area contributed by atoms with Crippen LogP contribution in [-0.2, 0) is 9.53 Å². The molecule has 0 radical (unpaired) electrons. The van der Waals surface area contributed by atoms with Gasteiger partial charge < -0.3 is 14.8 Å². The maximum absolute atomic E-state index is 13.1. The quantitative estimate of drug-likeness (QED) is 0.816. The van der Waals surface area contributed by atoms with Crippen LogP contribution in [0.4, 0.5) is 4.39 Å². The van der Waals surface area contributed by atoms with E-state index in [2.05, 4.69) is 5.32 Å². The average molecular weight is 267 g/mol. The molecule has 0 atom stereocenters. The zero-order valence-corrected chi connectivity index (χ0v) is 10.4. The molecule has 0 spiro atoms. The Morgan fingerprint density at radius 2 is 2.16 bits per heavy atom. The summed E-state index contributed by atoms with van der Waals surface area (Å²) in [5.74, 6) is -1.52. The van der Waals surface area contributed by atoms with E-state index in [1.165, 1.54) is 19.2 Å². The fourth-order valence-corrected chi connectivity index (χ4v) is 1.55. The van der Waals surface area contributed by atoms with Crippen molar-refractivity contribution >= 4 is 11.9 Å². The van der Waals surface area contributed by atoms with Gasteiger partial charge >= 0.3 is 5.97 Å². The standard InChI is InChI=1S/C13H14FNO4/c1-18-11-5-2-8(14)6-10(11)13(17)19-7-12(16)15-9-3-4-9/h2,5-6,9H,3-4,7H2,1H3,(H,15,16). The number of hydrogen-bond donors (Lipinski definition) is 1. The molecule has 1 amide bonds. The van der Waals surface area contributed by atoms with Gasteiger partial charge in [-0.1, -0.05) is 0 Å². The SMILES string of the molecule is COc1ccc(F)cc1C(=O)OCC(=O)NC1CC1. The highest BCUT2D eigenvalue weighted by molar-refractivity contribution is 5.94. The molecule has 1 aliphatic rings. The molecule has 1 aliphatic carbocycles. The number of esters is 1. The molecule has 1 fully saturated rings. The van der Waals surface area contributed by atoms with E-state index >= 15 is 0 Å². The molecule has 0 unspecified atom stereocenters. The third-order valence-electron chi connectivity index (χ3n) is 2.66. The van der Waals surface area contributed by atoms with E-state index in [1.54, 1.807) is 0 Å². The fourth-order valence-electron chi connectivity index (χ4n) is 1.55. The van der Waals surface area contributed by atoms with Crippen LogP contribution in [0.3, 0.4) is 0 Å². The summed E-state index contributed by atoms with van der Waals surface area (Å²) in [4.78, 5) is 23.1. The number of halogens is 1. The van der Waals surface area contributed by atoms with Gasteiger partial charge in [0.15, 0.2) is 6.61 Å². The predicted molar refractivity (Wildman–Crippen MR) is 64.4 cm³/mol. The van der Waals surface area contributed by atoms with Gasteiger partial charge in [-0.3, -0.25) is 4.79 Å². The van der Waals surface area contributed by atoms with E-state index in [0.717, 1.165) is 18.9 Å². The Morgan fingerprint density at radius 1 is 1.42 bits per heavy atom. The van der Waals surface area contributed by atoms with Crippen LogP contribution in [0.25, 0.3) is 0 Å². The molecule has 1 saturated carbocycles. The summed E-state index contributed by atoms with van der Waals surface area (Å²) in [6, 6.07) is 3.72. The molecule has 102 valence electrons. The predicted octanol–water partition coefficient (Wildman–Crippen LogP) is 1.27. The summed E-state index contributed by atoms with van der Waals surface area (Å²) < 4.78 is 22.8. The van der Waals surface area contributed by atoms with Gasteiger partial charge in [0.25, 0.3) is 5.91 Å². The normalized spacial score (nSPS) is 13.8.